The van der Waals surface area contributed by atoms with Gasteiger partial charge >= 0.3 is 5.97 Å². The normalized spacial score (nSPS) is 12.9. The molecular weight excluding hydrogens is 400 g/mol. The monoisotopic (exact) mass is 452 g/mol. The molecular formula is C28H52O4. The Balaban J connectivity index is 4.30. The second-order valence-corrected chi connectivity index (χ2v) is 9.41. The van der Waals surface area contributed by atoms with E-state index in [1.165, 1.54) is 57.8 Å². The van der Waals surface area contributed by atoms with Crippen LogP contribution >= 0.6 is 0 Å². The molecule has 0 saturated carbocycles. The predicted octanol–water partition coefficient (Wildman–Crippen LogP) is 8.18. The van der Waals surface area contributed by atoms with Gasteiger partial charge in [0.2, 0.25) is 0 Å². The number of allylic oxidation sites excluding steroid dienone is 1. The SMILES string of the molecule is C=C(CCCCCCCC)OCC(COC(=O)CCCCCCCC)CC(=O)C(C)CC. The molecule has 0 heterocycles. The summed E-state index contributed by atoms with van der Waals surface area (Å²) >= 11 is 0. The molecule has 0 saturated heterocycles. The smallest absolute Gasteiger partial charge is 0.305 e. The Morgan fingerprint density at radius 1 is 0.719 bits per heavy atom. The quantitative estimate of drug-likeness (QED) is 0.0890. The molecule has 4 nitrogen and oxygen atoms in total. The molecule has 0 bridgehead atoms. The van der Waals surface area contributed by atoms with Crippen LogP contribution in [0.25, 0.3) is 0 Å². The first-order valence-corrected chi connectivity index (χ1v) is 13.4. The highest BCUT2D eigenvalue weighted by molar-refractivity contribution is 5.80. The zero-order valence-corrected chi connectivity index (χ0v) is 21.7. The standard InChI is InChI=1S/C28H52O4/c1-6-9-11-13-15-17-19-25(5)31-22-26(21-27(29)24(4)8-3)23-32-28(30)20-18-16-14-12-10-7-2/h24,26H,5-23H2,1-4H3. The van der Waals surface area contributed by atoms with Crippen LogP contribution in [0.3, 0.4) is 0 Å². The van der Waals surface area contributed by atoms with Gasteiger partial charge in [-0.05, 0) is 19.3 Å². The number of carbonyl (C=O) groups is 2. The van der Waals surface area contributed by atoms with E-state index < -0.39 is 0 Å². The van der Waals surface area contributed by atoms with Crippen LogP contribution in [0, 0.1) is 11.8 Å². The van der Waals surface area contributed by atoms with E-state index >= 15 is 0 Å². The Labute approximate surface area is 198 Å². The Hall–Kier alpha value is -1.32. The van der Waals surface area contributed by atoms with Crippen molar-refractivity contribution in [2.75, 3.05) is 13.2 Å². The fraction of sp³-hybridized carbons (Fsp3) is 0.857. The molecule has 2 unspecified atom stereocenters. The van der Waals surface area contributed by atoms with Crippen LogP contribution < -0.4 is 0 Å². The molecule has 0 radical (unpaired) electrons. The minimum absolute atomic E-state index is 0.0302. The molecule has 0 aliphatic heterocycles. The third-order valence-electron chi connectivity index (χ3n) is 6.20. The number of unbranched alkanes of at least 4 members (excludes halogenated alkanes) is 10. The van der Waals surface area contributed by atoms with Gasteiger partial charge in [-0.25, -0.2) is 0 Å². The maximum Gasteiger partial charge on any atom is 0.305 e. The average molecular weight is 453 g/mol. The highest BCUT2D eigenvalue weighted by Gasteiger charge is 2.20. The van der Waals surface area contributed by atoms with Gasteiger partial charge in [0.1, 0.15) is 5.78 Å². The molecule has 188 valence electrons. The van der Waals surface area contributed by atoms with Crippen molar-refractivity contribution in [2.24, 2.45) is 11.8 Å². The maximum atomic E-state index is 12.4. The van der Waals surface area contributed by atoms with E-state index in [1.54, 1.807) is 0 Å². The molecule has 0 N–H and O–H groups in total. The Morgan fingerprint density at radius 2 is 1.22 bits per heavy atom. The predicted molar refractivity (Wildman–Crippen MR) is 135 cm³/mol. The van der Waals surface area contributed by atoms with E-state index in [9.17, 15) is 9.59 Å². The summed E-state index contributed by atoms with van der Waals surface area (Å²) in [5.74, 6) is 0.760. The molecule has 0 aromatic rings. The minimum atomic E-state index is -0.160. The van der Waals surface area contributed by atoms with Gasteiger partial charge in [0, 0.05) is 31.1 Å². The Kier molecular flexibility index (Phi) is 20.6. The van der Waals surface area contributed by atoms with E-state index in [0.717, 1.165) is 37.9 Å². The largest absolute Gasteiger partial charge is 0.498 e. The van der Waals surface area contributed by atoms with Gasteiger partial charge in [0.25, 0.3) is 0 Å². The van der Waals surface area contributed by atoms with Crippen LogP contribution in [0.15, 0.2) is 12.3 Å². The Morgan fingerprint density at radius 3 is 1.78 bits per heavy atom. The van der Waals surface area contributed by atoms with Crippen molar-refractivity contribution in [3.63, 3.8) is 0 Å². The van der Waals surface area contributed by atoms with Crippen molar-refractivity contribution in [2.45, 2.75) is 130 Å². The summed E-state index contributed by atoms with van der Waals surface area (Å²) < 4.78 is 11.4. The molecule has 4 heteroatoms. The van der Waals surface area contributed by atoms with Crippen LogP contribution in [0.5, 0.6) is 0 Å². The second kappa shape index (κ2) is 21.5. The van der Waals surface area contributed by atoms with E-state index in [1.807, 2.05) is 13.8 Å². The number of esters is 1. The molecule has 0 fully saturated rings. The number of Topliss-reactive ketones (excluding diaryl/α,β-unsaturated/α-hetero) is 1. The van der Waals surface area contributed by atoms with Gasteiger partial charge in [-0.3, -0.25) is 9.59 Å². The molecule has 0 rings (SSSR count). The summed E-state index contributed by atoms with van der Waals surface area (Å²) in [7, 11) is 0. The first kappa shape index (κ1) is 30.7. The Bertz CT molecular complexity index is 454. The summed E-state index contributed by atoms with van der Waals surface area (Å²) in [6, 6.07) is 0. The van der Waals surface area contributed by atoms with Gasteiger partial charge in [-0.15, -0.1) is 0 Å². The number of hydrogen-bond acceptors (Lipinski definition) is 4. The van der Waals surface area contributed by atoms with Crippen LogP contribution in [0.1, 0.15) is 130 Å². The molecule has 2 atom stereocenters. The number of hydrogen-bond donors (Lipinski definition) is 0. The van der Waals surface area contributed by atoms with Crippen molar-refractivity contribution in [1.82, 2.24) is 0 Å². The van der Waals surface area contributed by atoms with Gasteiger partial charge in [0.15, 0.2) is 0 Å². The van der Waals surface area contributed by atoms with Crippen molar-refractivity contribution >= 4 is 11.8 Å². The third-order valence-corrected chi connectivity index (χ3v) is 6.20. The lowest BCUT2D eigenvalue weighted by Crippen LogP contribution is -2.24. The molecule has 0 aromatic carbocycles. The molecule has 0 aliphatic carbocycles. The molecule has 0 aromatic heterocycles. The number of rotatable bonds is 23. The first-order valence-electron chi connectivity index (χ1n) is 13.4. The first-order chi connectivity index (χ1) is 15.4. The fourth-order valence-corrected chi connectivity index (χ4v) is 3.62. The van der Waals surface area contributed by atoms with Crippen molar-refractivity contribution < 1.29 is 19.1 Å². The number of ketones is 1. The third kappa shape index (κ3) is 18.3. The van der Waals surface area contributed by atoms with E-state index in [4.69, 9.17) is 9.47 Å². The summed E-state index contributed by atoms with van der Waals surface area (Å²) in [5, 5.41) is 0. The van der Waals surface area contributed by atoms with Gasteiger partial charge in [-0.1, -0.05) is 98.5 Å². The summed E-state index contributed by atoms with van der Waals surface area (Å²) in [4.78, 5) is 24.6. The van der Waals surface area contributed by atoms with Crippen LogP contribution in [-0.2, 0) is 19.1 Å². The van der Waals surface area contributed by atoms with Crippen LogP contribution in [0.4, 0.5) is 0 Å². The zero-order valence-electron chi connectivity index (χ0n) is 21.7. The molecule has 32 heavy (non-hydrogen) atoms. The molecule has 0 aliphatic rings. The lowest BCUT2D eigenvalue weighted by atomic mass is 9.94. The lowest BCUT2D eigenvalue weighted by molar-refractivity contribution is -0.146. The van der Waals surface area contributed by atoms with Crippen molar-refractivity contribution in [3.8, 4) is 0 Å². The highest BCUT2D eigenvalue weighted by Crippen LogP contribution is 2.17. The molecule has 0 spiro atoms. The summed E-state index contributed by atoms with van der Waals surface area (Å²) in [6.07, 6.45) is 16.8. The minimum Gasteiger partial charge on any atom is -0.498 e. The lowest BCUT2D eigenvalue weighted by Gasteiger charge is -2.20. The zero-order chi connectivity index (χ0) is 24.0. The second-order valence-electron chi connectivity index (χ2n) is 9.41. The topological polar surface area (TPSA) is 52.6 Å². The van der Waals surface area contributed by atoms with E-state index in [0.29, 0.717) is 19.4 Å². The van der Waals surface area contributed by atoms with E-state index in [-0.39, 0.29) is 30.2 Å². The van der Waals surface area contributed by atoms with Crippen LogP contribution in [-0.4, -0.2) is 25.0 Å². The summed E-state index contributed by atoms with van der Waals surface area (Å²) in [5.41, 5.74) is 0. The van der Waals surface area contributed by atoms with Gasteiger partial charge in [-0.2, -0.15) is 0 Å². The van der Waals surface area contributed by atoms with Gasteiger partial charge in [0.05, 0.1) is 19.0 Å². The fourth-order valence-electron chi connectivity index (χ4n) is 3.62. The summed E-state index contributed by atoms with van der Waals surface area (Å²) in [6.45, 7) is 13.1. The van der Waals surface area contributed by atoms with Crippen molar-refractivity contribution in [1.29, 1.82) is 0 Å². The highest BCUT2D eigenvalue weighted by atomic mass is 16.5. The number of ether oxygens (including phenoxy) is 2. The number of carbonyl (C=O) groups excluding carboxylic acids is 2. The van der Waals surface area contributed by atoms with E-state index in [2.05, 4.69) is 20.4 Å². The van der Waals surface area contributed by atoms with Crippen molar-refractivity contribution in [3.05, 3.63) is 12.3 Å². The van der Waals surface area contributed by atoms with Gasteiger partial charge < -0.3 is 9.47 Å². The maximum absolute atomic E-state index is 12.4. The average Bonchev–Trinajstić information content (AvgIpc) is 2.79. The molecule has 0 amide bonds. The van der Waals surface area contributed by atoms with Crippen LogP contribution in [0.2, 0.25) is 0 Å².